The molecule has 0 aromatic rings. The summed E-state index contributed by atoms with van der Waals surface area (Å²) in [6, 6.07) is 0. The third-order valence-electron chi connectivity index (χ3n) is 2.50. The van der Waals surface area contributed by atoms with Gasteiger partial charge in [-0.1, -0.05) is 0 Å². The second kappa shape index (κ2) is 9.46. The summed E-state index contributed by atoms with van der Waals surface area (Å²) in [6.07, 6.45) is 5.74. The number of hydrogen-bond acceptors (Lipinski definition) is 2. The largest absolute Gasteiger partial charge is 0.147 e. The smallest absolute Gasteiger partial charge is 0.147 e. The molecule has 6 heteroatoms. The number of halogens is 3. The molecule has 0 spiro atoms. The predicted octanol–water partition coefficient (Wildman–Crippen LogP) is 4.33. The average Bonchev–Trinajstić information content (AvgIpc) is 2.51. The second-order valence-electron chi connectivity index (χ2n) is 4.61. The Labute approximate surface area is 126 Å². The van der Waals surface area contributed by atoms with Crippen LogP contribution in [0.15, 0.2) is 21.6 Å². The topological polar surface area (TPSA) is 26.3 Å². The summed E-state index contributed by atoms with van der Waals surface area (Å²) < 4.78 is 6.22. The molecule has 0 N–H and O–H groups in total. The van der Waals surface area contributed by atoms with Crippen LogP contribution in [0.5, 0.6) is 0 Å². The first-order valence-corrected chi connectivity index (χ1v) is 10.4. The molecule has 0 aromatic carbocycles. The van der Waals surface area contributed by atoms with E-state index in [-0.39, 0.29) is 43.2 Å². The molecule has 0 atom stereocenters. The molecule has 0 saturated heterocycles. The van der Waals surface area contributed by atoms with Crippen molar-refractivity contribution >= 4 is 43.2 Å². The van der Waals surface area contributed by atoms with Crippen LogP contribution in [-0.4, -0.2) is 13.1 Å². The van der Waals surface area contributed by atoms with E-state index >= 15 is 0 Å². The molecule has 0 aliphatic heterocycles. The fourth-order valence-electron chi connectivity index (χ4n) is 1.73. The molecule has 0 aromatic heterocycles. The van der Waals surface area contributed by atoms with E-state index in [2.05, 4.69) is 32.6 Å². The number of esters is 1. The maximum Gasteiger partial charge on any atom is -0.147 e. The molecular formula is C11H21Cl3O2Ti. The molecule has 1 rings (SSSR count). The number of hydrogen-bond donors (Lipinski definition) is 0. The minimum absolute atomic E-state index is 0. The van der Waals surface area contributed by atoms with E-state index in [1.807, 2.05) is 0 Å². The van der Waals surface area contributed by atoms with Gasteiger partial charge in [-0.2, -0.15) is 0 Å². The normalized spacial score (nSPS) is 13.4. The minimum atomic E-state index is -1.75. The molecule has 0 unspecified atom stereocenters. The van der Waals surface area contributed by atoms with Crippen molar-refractivity contribution in [2.75, 3.05) is 7.11 Å². The fraction of sp³-hybridized carbons (Fsp3) is 0.545. The molecule has 2 nitrogen and oxygen atoms in total. The average molecular weight is 340 g/mol. The fourth-order valence-corrected chi connectivity index (χ4v) is 4.64. The van der Waals surface area contributed by atoms with Gasteiger partial charge in [-0.05, 0) is 0 Å². The first kappa shape index (κ1) is 22.7. The Morgan fingerprint density at radius 3 is 2.24 bits per heavy atom. The van der Waals surface area contributed by atoms with Gasteiger partial charge in [-0.15, -0.1) is 37.2 Å². The molecular weight excluding hydrogens is 318 g/mol. The van der Waals surface area contributed by atoms with Gasteiger partial charge in [-0.25, -0.2) is 0 Å². The van der Waals surface area contributed by atoms with Crippen LogP contribution >= 0.6 is 37.2 Å². The summed E-state index contributed by atoms with van der Waals surface area (Å²) in [6.45, 7) is 0. The zero-order valence-corrected chi connectivity index (χ0v) is 14.6. The van der Waals surface area contributed by atoms with Crippen LogP contribution < -0.4 is 0 Å². The van der Waals surface area contributed by atoms with Gasteiger partial charge < -0.3 is 0 Å². The Morgan fingerprint density at radius 2 is 1.82 bits per heavy atom. The molecule has 102 valence electrons. The van der Waals surface area contributed by atoms with Crippen molar-refractivity contribution < 1.29 is 26.1 Å². The number of allylic oxidation sites excluding steroid dienone is 3. The van der Waals surface area contributed by atoms with Crippen LogP contribution in [0.2, 0.25) is 15.7 Å². The molecule has 1 aliphatic rings. The van der Waals surface area contributed by atoms with Crippen LogP contribution in [0.4, 0.5) is 0 Å². The van der Waals surface area contributed by atoms with E-state index < -0.39 is 16.6 Å². The second-order valence-corrected chi connectivity index (χ2v) is 12.6. The van der Waals surface area contributed by atoms with Crippen molar-refractivity contribution in [3.8, 4) is 0 Å². The monoisotopic (exact) mass is 338 g/mol. The Kier molecular flexibility index (Phi) is 12.6. The first-order valence-electron chi connectivity index (χ1n) is 4.91. The van der Waals surface area contributed by atoms with Crippen LogP contribution in [0.1, 0.15) is 12.8 Å². The molecule has 0 bridgehead atoms. The van der Waals surface area contributed by atoms with Gasteiger partial charge >= 0.3 is 89.3 Å². The van der Waals surface area contributed by atoms with Gasteiger partial charge in [0, 0.05) is 0 Å². The predicted molar refractivity (Wildman–Crippen MR) is 76.8 cm³/mol. The molecule has 0 heterocycles. The Balaban J connectivity index is -0.000000653. The molecule has 17 heavy (non-hydrogen) atoms. The summed E-state index contributed by atoms with van der Waals surface area (Å²) in [5, 5.41) is 7.08. The number of carbonyl (C=O) groups excluding carboxylic acids is 1. The summed E-state index contributed by atoms with van der Waals surface area (Å²) in [5.74, 6) is -0.129. The third-order valence-corrected chi connectivity index (χ3v) is 6.14. The molecule has 0 radical (unpaired) electrons. The summed E-state index contributed by atoms with van der Waals surface area (Å²) in [4.78, 5) is 11.2. The first-order chi connectivity index (χ1) is 6.45. The van der Waals surface area contributed by atoms with Gasteiger partial charge in [0.15, 0.2) is 0 Å². The van der Waals surface area contributed by atoms with Gasteiger partial charge in [0.05, 0.1) is 0 Å². The van der Waals surface area contributed by atoms with Crippen LogP contribution in [0.3, 0.4) is 0 Å². The quantitative estimate of drug-likeness (QED) is 0.565. The van der Waals surface area contributed by atoms with E-state index in [4.69, 9.17) is 0 Å². The van der Waals surface area contributed by atoms with Crippen molar-refractivity contribution in [3.63, 3.8) is 0 Å². The van der Waals surface area contributed by atoms with E-state index in [0.717, 1.165) is 6.42 Å². The van der Waals surface area contributed by atoms with Crippen LogP contribution in [0.25, 0.3) is 0 Å². The Hall–Kier alpha value is 0.534. The Morgan fingerprint density at radius 1 is 1.29 bits per heavy atom. The zero-order valence-electron chi connectivity index (χ0n) is 10.6. The minimum Gasteiger partial charge on any atom is -0.147 e. The van der Waals surface area contributed by atoms with Gasteiger partial charge in [0.1, 0.15) is 0 Å². The summed E-state index contributed by atoms with van der Waals surface area (Å²) in [7, 11) is 1.44. The SMILES string of the molecule is COC(=O)CC1=[C]([Ti]([CH3])([CH3])[CH3])CC=C1.Cl.Cl.Cl. The van der Waals surface area contributed by atoms with E-state index in [1.54, 1.807) is 0 Å². The zero-order chi connectivity index (χ0) is 10.8. The van der Waals surface area contributed by atoms with Gasteiger partial charge in [-0.3, -0.25) is 0 Å². The Bertz CT molecular complexity index is 306. The molecule has 1 aliphatic carbocycles. The summed E-state index contributed by atoms with van der Waals surface area (Å²) >= 11 is -1.75. The number of rotatable bonds is 3. The summed E-state index contributed by atoms with van der Waals surface area (Å²) in [5.41, 5.74) is 1.21. The van der Waals surface area contributed by atoms with Crippen LogP contribution in [-0.2, 0) is 26.1 Å². The molecule has 0 amide bonds. The maximum atomic E-state index is 11.2. The molecule has 0 saturated carbocycles. The van der Waals surface area contributed by atoms with E-state index in [0.29, 0.717) is 6.42 Å². The number of carbonyl (C=O) groups is 1. The van der Waals surface area contributed by atoms with Crippen molar-refractivity contribution in [2.24, 2.45) is 0 Å². The number of methoxy groups -OCH3 is 1. The molecule has 0 fully saturated rings. The van der Waals surface area contributed by atoms with Crippen molar-refractivity contribution in [1.82, 2.24) is 0 Å². The van der Waals surface area contributed by atoms with E-state index in [1.165, 1.54) is 16.6 Å². The van der Waals surface area contributed by atoms with Gasteiger partial charge in [0.2, 0.25) is 0 Å². The standard InChI is InChI=1S/C8H9O2.3CH3.3ClH.Ti/c1-10-8(9)6-7-4-2-3-5-7;;;;;;;/h2,4H,3,6H2,1H3;3*1H3;3*1H;. The third kappa shape index (κ3) is 6.88. The van der Waals surface area contributed by atoms with Crippen LogP contribution in [0, 0.1) is 0 Å². The number of ether oxygens (including phenoxy) is 1. The van der Waals surface area contributed by atoms with Crippen molar-refractivity contribution in [3.05, 3.63) is 21.6 Å². The van der Waals surface area contributed by atoms with E-state index in [9.17, 15) is 4.79 Å². The van der Waals surface area contributed by atoms with Gasteiger partial charge in [0.25, 0.3) is 0 Å². The van der Waals surface area contributed by atoms with Crippen molar-refractivity contribution in [1.29, 1.82) is 0 Å². The maximum absolute atomic E-state index is 11.2. The van der Waals surface area contributed by atoms with Crippen molar-refractivity contribution in [2.45, 2.75) is 28.5 Å².